The van der Waals surface area contributed by atoms with Crippen molar-refractivity contribution in [2.75, 3.05) is 23.4 Å². The Labute approximate surface area is 125 Å². The summed E-state index contributed by atoms with van der Waals surface area (Å²) in [4.78, 5) is 2.46. The Morgan fingerprint density at radius 1 is 1.10 bits per heavy atom. The van der Waals surface area contributed by atoms with Crippen LogP contribution in [-0.2, 0) is 22.8 Å². The van der Waals surface area contributed by atoms with Crippen LogP contribution in [0.4, 0.5) is 11.4 Å². The predicted octanol–water partition coefficient (Wildman–Crippen LogP) is 2.24. The van der Waals surface area contributed by atoms with Crippen molar-refractivity contribution in [1.82, 2.24) is 0 Å². The van der Waals surface area contributed by atoms with Gasteiger partial charge in [0, 0.05) is 19.3 Å². The quantitative estimate of drug-likeness (QED) is 0.864. The Hall–Kier alpha value is -2.01. The van der Waals surface area contributed by atoms with Crippen LogP contribution in [0, 0.1) is 0 Å². The van der Waals surface area contributed by atoms with E-state index >= 15 is 0 Å². The van der Waals surface area contributed by atoms with Gasteiger partial charge in [-0.05, 0) is 35.7 Å². The average molecular weight is 302 g/mol. The highest BCUT2D eigenvalue weighted by Gasteiger charge is 2.19. The van der Waals surface area contributed by atoms with Crippen LogP contribution >= 0.6 is 0 Å². The van der Waals surface area contributed by atoms with Crippen molar-refractivity contribution in [2.45, 2.75) is 17.9 Å². The highest BCUT2D eigenvalue weighted by Crippen LogP contribution is 2.30. The van der Waals surface area contributed by atoms with E-state index in [0.29, 0.717) is 5.69 Å². The molecule has 0 saturated heterocycles. The van der Waals surface area contributed by atoms with Gasteiger partial charge in [-0.2, -0.15) is 0 Å². The third-order valence-electron chi connectivity index (χ3n) is 3.90. The van der Waals surface area contributed by atoms with Crippen molar-refractivity contribution >= 4 is 21.2 Å². The summed E-state index contributed by atoms with van der Waals surface area (Å²) in [5.41, 5.74) is 10.2. The van der Waals surface area contributed by atoms with Gasteiger partial charge in [0.05, 0.1) is 16.3 Å². The molecule has 110 valence electrons. The third-order valence-corrected chi connectivity index (χ3v) is 5.01. The molecule has 0 saturated carbocycles. The lowest BCUT2D eigenvalue weighted by molar-refractivity contribution is 0.602. The summed E-state index contributed by atoms with van der Waals surface area (Å²) in [6.07, 6.45) is 2.17. The van der Waals surface area contributed by atoms with Crippen LogP contribution < -0.4 is 10.6 Å². The summed E-state index contributed by atoms with van der Waals surface area (Å²) in [5, 5.41) is 0. The molecule has 3 rings (SSSR count). The van der Waals surface area contributed by atoms with Crippen molar-refractivity contribution in [3.63, 3.8) is 0 Å². The van der Waals surface area contributed by atoms with Gasteiger partial charge in [0.15, 0.2) is 9.84 Å². The largest absolute Gasteiger partial charge is 0.397 e. The molecule has 4 nitrogen and oxygen atoms in total. The molecule has 2 aromatic carbocycles. The minimum Gasteiger partial charge on any atom is -0.397 e. The van der Waals surface area contributed by atoms with Gasteiger partial charge < -0.3 is 10.6 Å². The summed E-state index contributed by atoms with van der Waals surface area (Å²) in [6.45, 7) is 1.69. The molecule has 1 aliphatic rings. The van der Waals surface area contributed by atoms with Gasteiger partial charge in [-0.25, -0.2) is 8.42 Å². The number of nitrogens with two attached hydrogens (primary N) is 1. The van der Waals surface area contributed by atoms with E-state index in [1.54, 1.807) is 18.2 Å². The van der Waals surface area contributed by atoms with Crippen LogP contribution in [0.2, 0.25) is 0 Å². The standard InChI is InChI=1S/C16H18N2O2S/c1-21(19,20)14-6-7-16(15(17)10-14)18-9-8-12-4-2-3-5-13(12)11-18/h2-7,10H,8-9,11,17H2,1H3. The van der Waals surface area contributed by atoms with Gasteiger partial charge in [0.25, 0.3) is 0 Å². The van der Waals surface area contributed by atoms with Gasteiger partial charge in [-0.15, -0.1) is 0 Å². The molecule has 2 N–H and O–H groups in total. The Morgan fingerprint density at radius 2 is 1.81 bits per heavy atom. The molecule has 0 spiro atoms. The average Bonchev–Trinajstić information content (AvgIpc) is 2.45. The number of hydrogen-bond acceptors (Lipinski definition) is 4. The first kappa shape index (κ1) is 13.9. The first-order valence-electron chi connectivity index (χ1n) is 6.86. The molecule has 21 heavy (non-hydrogen) atoms. The molecule has 0 amide bonds. The van der Waals surface area contributed by atoms with Crippen LogP contribution in [0.5, 0.6) is 0 Å². The van der Waals surface area contributed by atoms with Crippen LogP contribution in [0.15, 0.2) is 47.4 Å². The molecule has 2 aromatic rings. The van der Waals surface area contributed by atoms with E-state index in [1.165, 1.54) is 17.4 Å². The van der Waals surface area contributed by atoms with Crippen LogP contribution in [0.25, 0.3) is 0 Å². The predicted molar refractivity (Wildman–Crippen MR) is 85.2 cm³/mol. The molecule has 1 heterocycles. The second-order valence-corrected chi connectivity index (χ2v) is 7.45. The smallest absolute Gasteiger partial charge is 0.175 e. The molecule has 0 bridgehead atoms. The Balaban J connectivity index is 1.92. The van der Waals surface area contributed by atoms with Crippen molar-refractivity contribution < 1.29 is 8.42 Å². The molecule has 0 radical (unpaired) electrons. The Bertz CT molecular complexity index is 785. The van der Waals surface area contributed by atoms with E-state index in [1.807, 2.05) is 6.07 Å². The summed E-state index contributed by atoms with van der Waals surface area (Å²) >= 11 is 0. The molecule has 0 fully saturated rings. The molecular weight excluding hydrogens is 284 g/mol. The maximum atomic E-state index is 11.6. The first-order valence-corrected chi connectivity index (χ1v) is 8.75. The maximum Gasteiger partial charge on any atom is 0.175 e. The zero-order valence-electron chi connectivity index (χ0n) is 11.9. The minimum absolute atomic E-state index is 0.265. The van der Waals surface area contributed by atoms with E-state index in [2.05, 4.69) is 23.1 Å². The van der Waals surface area contributed by atoms with E-state index in [4.69, 9.17) is 5.73 Å². The number of benzene rings is 2. The normalized spacial score (nSPS) is 14.8. The number of rotatable bonds is 2. The van der Waals surface area contributed by atoms with Gasteiger partial charge in [0.1, 0.15) is 0 Å². The number of nitrogen functional groups attached to an aromatic ring is 1. The second-order valence-electron chi connectivity index (χ2n) is 5.43. The van der Waals surface area contributed by atoms with Crippen molar-refractivity contribution in [1.29, 1.82) is 0 Å². The van der Waals surface area contributed by atoms with Crippen LogP contribution in [-0.4, -0.2) is 21.2 Å². The molecule has 0 aromatic heterocycles. The lowest BCUT2D eigenvalue weighted by Gasteiger charge is -2.31. The van der Waals surface area contributed by atoms with E-state index < -0.39 is 9.84 Å². The third kappa shape index (κ3) is 2.74. The SMILES string of the molecule is CS(=O)(=O)c1ccc(N2CCc3ccccc3C2)c(N)c1. The first-order chi connectivity index (χ1) is 9.95. The summed E-state index contributed by atoms with van der Waals surface area (Å²) in [6, 6.07) is 13.4. The number of fused-ring (bicyclic) bond motifs is 1. The van der Waals surface area contributed by atoms with Crippen molar-refractivity contribution in [3.8, 4) is 0 Å². The fraction of sp³-hybridized carbons (Fsp3) is 0.250. The molecule has 5 heteroatoms. The van der Waals surface area contributed by atoms with E-state index in [-0.39, 0.29) is 4.90 Å². The van der Waals surface area contributed by atoms with E-state index in [0.717, 1.165) is 25.2 Å². The summed E-state index contributed by atoms with van der Waals surface area (Å²) in [7, 11) is -3.22. The minimum atomic E-state index is -3.22. The Morgan fingerprint density at radius 3 is 2.48 bits per heavy atom. The van der Waals surface area contributed by atoms with Gasteiger partial charge >= 0.3 is 0 Å². The molecule has 1 aliphatic heterocycles. The fourth-order valence-electron chi connectivity index (χ4n) is 2.75. The number of anilines is 2. The lowest BCUT2D eigenvalue weighted by atomic mass is 9.99. The highest BCUT2D eigenvalue weighted by molar-refractivity contribution is 7.90. The fourth-order valence-corrected chi connectivity index (χ4v) is 3.41. The zero-order valence-corrected chi connectivity index (χ0v) is 12.7. The number of nitrogens with zero attached hydrogens (tertiary/aromatic N) is 1. The highest BCUT2D eigenvalue weighted by atomic mass is 32.2. The summed E-state index contributed by atoms with van der Waals surface area (Å²) in [5.74, 6) is 0. The van der Waals surface area contributed by atoms with Gasteiger partial charge in [-0.3, -0.25) is 0 Å². The number of sulfone groups is 1. The van der Waals surface area contributed by atoms with Crippen molar-refractivity contribution in [2.24, 2.45) is 0 Å². The van der Waals surface area contributed by atoms with E-state index in [9.17, 15) is 8.42 Å². The summed E-state index contributed by atoms with van der Waals surface area (Å²) < 4.78 is 23.1. The van der Waals surface area contributed by atoms with Gasteiger partial charge in [-0.1, -0.05) is 24.3 Å². The second kappa shape index (κ2) is 5.07. The zero-order chi connectivity index (χ0) is 15.0. The molecule has 0 aliphatic carbocycles. The Kier molecular flexibility index (Phi) is 3.37. The van der Waals surface area contributed by atoms with Crippen LogP contribution in [0.3, 0.4) is 0 Å². The van der Waals surface area contributed by atoms with Crippen LogP contribution in [0.1, 0.15) is 11.1 Å². The molecule has 0 atom stereocenters. The van der Waals surface area contributed by atoms with Crippen molar-refractivity contribution in [3.05, 3.63) is 53.6 Å². The topological polar surface area (TPSA) is 63.4 Å². The lowest BCUT2D eigenvalue weighted by Crippen LogP contribution is -2.30. The maximum absolute atomic E-state index is 11.6. The molecular formula is C16H18N2O2S. The molecule has 0 unspecified atom stereocenters. The van der Waals surface area contributed by atoms with Gasteiger partial charge in [0.2, 0.25) is 0 Å². The number of hydrogen-bond donors (Lipinski definition) is 1. The monoisotopic (exact) mass is 302 g/mol.